The van der Waals surface area contributed by atoms with E-state index in [0.29, 0.717) is 32.5 Å². The SMILES string of the molecule is COc1ccccc1CC(=O)N1CCC(COc2ccccc2)(CC(=O)N2CCN(C)CC2)CC1. The van der Waals surface area contributed by atoms with Gasteiger partial charge in [-0.3, -0.25) is 9.59 Å². The van der Waals surface area contributed by atoms with E-state index in [2.05, 4.69) is 11.9 Å². The second-order valence-corrected chi connectivity index (χ2v) is 9.83. The molecule has 0 radical (unpaired) electrons. The summed E-state index contributed by atoms with van der Waals surface area (Å²) in [6.45, 7) is 5.09. The number of likely N-dealkylation sites (N-methyl/N-ethyl adjacent to an activating group) is 1. The van der Waals surface area contributed by atoms with Crippen LogP contribution in [0.3, 0.4) is 0 Å². The van der Waals surface area contributed by atoms with Gasteiger partial charge in [0.25, 0.3) is 0 Å². The van der Waals surface area contributed by atoms with Crippen molar-refractivity contribution in [1.29, 1.82) is 0 Å². The Labute approximate surface area is 208 Å². The quantitative estimate of drug-likeness (QED) is 0.582. The number of carbonyl (C=O) groups excluding carboxylic acids is 2. The second-order valence-electron chi connectivity index (χ2n) is 9.83. The van der Waals surface area contributed by atoms with Crippen LogP contribution in [0.4, 0.5) is 0 Å². The van der Waals surface area contributed by atoms with Crippen LogP contribution in [-0.2, 0) is 16.0 Å². The highest BCUT2D eigenvalue weighted by Gasteiger charge is 2.40. The third kappa shape index (κ3) is 6.54. The van der Waals surface area contributed by atoms with Gasteiger partial charge in [-0.25, -0.2) is 0 Å². The number of nitrogens with zero attached hydrogens (tertiary/aromatic N) is 3. The van der Waals surface area contributed by atoms with Crippen LogP contribution >= 0.6 is 0 Å². The molecule has 2 aliphatic rings. The number of hydrogen-bond acceptors (Lipinski definition) is 5. The zero-order chi connectivity index (χ0) is 24.7. The van der Waals surface area contributed by atoms with Crippen LogP contribution in [0, 0.1) is 5.41 Å². The molecule has 0 atom stereocenters. The Morgan fingerprint density at radius 1 is 0.829 bits per heavy atom. The fourth-order valence-corrected chi connectivity index (χ4v) is 4.97. The van der Waals surface area contributed by atoms with Gasteiger partial charge in [0.1, 0.15) is 11.5 Å². The lowest BCUT2D eigenvalue weighted by Crippen LogP contribution is -2.51. The molecular formula is C28H37N3O4. The highest BCUT2D eigenvalue weighted by molar-refractivity contribution is 5.80. The molecule has 2 saturated heterocycles. The molecule has 0 unspecified atom stereocenters. The van der Waals surface area contributed by atoms with Crippen LogP contribution < -0.4 is 9.47 Å². The predicted octanol–water partition coefficient (Wildman–Crippen LogP) is 3.09. The Kier molecular flexibility index (Phi) is 8.29. The number of methoxy groups -OCH3 is 1. The number of ether oxygens (including phenoxy) is 2. The third-order valence-corrected chi connectivity index (χ3v) is 7.38. The Morgan fingerprint density at radius 3 is 2.14 bits per heavy atom. The molecule has 2 amide bonds. The number of likely N-dealkylation sites (tertiary alicyclic amines) is 1. The van der Waals surface area contributed by atoms with Gasteiger partial charge in [-0.15, -0.1) is 0 Å². The number of hydrogen-bond donors (Lipinski definition) is 0. The highest BCUT2D eigenvalue weighted by atomic mass is 16.5. The number of benzene rings is 2. The Balaban J connectivity index is 1.41. The van der Waals surface area contributed by atoms with Gasteiger partial charge in [-0.1, -0.05) is 36.4 Å². The van der Waals surface area contributed by atoms with Crippen LogP contribution in [0.5, 0.6) is 11.5 Å². The first-order chi connectivity index (χ1) is 17.0. The summed E-state index contributed by atoms with van der Waals surface area (Å²) in [4.78, 5) is 32.5. The molecule has 2 aliphatic heterocycles. The first-order valence-corrected chi connectivity index (χ1v) is 12.5. The van der Waals surface area contributed by atoms with E-state index in [9.17, 15) is 9.59 Å². The van der Waals surface area contributed by atoms with E-state index in [-0.39, 0.29) is 17.2 Å². The molecule has 0 aliphatic carbocycles. The highest BCUT2D eigenvalue weighted by Crippen LogP contribution is 2.37. The van der Waals surface area contributed by atoms with Crippen molar-refractivity contribution in [3.8, 4) is 11.5 Å². The van der Waals surface area contributed by atoms with Gasteiger partial charge in [0.05, 0.1) is 20.1 Å². The molecule has 2 heterocycles. The number of amides is 2. The summed E-state index contributed by atoms with van der Waals surface area (Å²) in [5, 5.41) is 0. The van der Waals surface area contributed by atoms with Crippen molar-refractivity contribution in [2.45, 2.75) is 25.7 Å². The van der Waals surface area contributed by atoms with E-state index >= 15 is 0 Å². The van der Waals surface area contributed by atoms with Gasteiger partial charge in [0.2, 0.25) is 11.8 Å². The first-order valence-electron chi connectivity index (χ1n) is 12.5. The standard InChI is InChI=1S/C28H37N3O4/c1-29-16-18-31(19-17-29)27(33)21-28(22-35-24-9-4-3-5-10-24)12-14-30(15-13-28)26(32)20-23-8-6-7-11-25(23)34-2/h3-11H,12-22H2,1-2H3. The van der Waals surface area contributed by atoms with Crippen molar-refractivity contribution in [3.63, 3.8) is 0 Å². The van der Waals surface area contributed by atoms with E-state index < -0.39 is 0 Å². The minimum atomic E-state index is -0.280. The minimum absolute atomic E-state index is 0.0949. The number of carbonyl (C=O) groups is 2. The lowest BCUT2D eigenvalue weighted by Gasteiger charge is -2.43. The molecular weight excluding hydrogens is 442 g/mol. The topological polar surface area (TPSA) is 62.3 Å². The molecule has 2 aromatic rings. The zero-order valence-corrected chi connectivity index (χ0v) is 20.9. The van der Waals surface area contributed by atoms with Gasteiger partial charge in [-0.2, -0.15) is 0 Å². The molecule has 0 aromatic heterocycles. The summed E-state index contributed by atoms with van der Waals surface area (Å²) in [7, 11) is 3.72. The Hall–Kier alpha value is -3.06. The summed E-state index contributed by atoms with van der Waals surface area (Å²) in [6, 6.07) is 17.4. The lowest BCUT2D eigenvalue weighted by molar-refractivity contribution is -0.138. The fraction of sp³-hybridized carbons (Fsp3) is 0.500. The van der Waals surface area contributed by atoms with Crippen molar-refractivity contribution in [1.82, 2.24) is 14.7 Å². The maximum absolute atomic E-state index is 13.3. The molecule has 7 nitrogen and oxygen atoms in total. The van der Waals surface area contributed by atoms with E-state index in [0.717, 1.165) is 56.1 Å². The summed E-state index contributed by atoms with van der Waals surface area (Å²) < 4.78 is 11.6. The van der Waals surface area contributed by atoms with Gasteiger partial charge < -0.3 is 24.2 Å². The van der Waals surface area contributed by atoms with E-state index in [1.54, 1.807) is 7.11 Å². The first kappa shape index (κ1) is 25.0. The smallest absolute Gasteiger partial charge is 0.227 e. The van der Waals surface area contributed by atoms with Crippen LogP contribution in [0.2, 0.25) is 0 Å². The molecule has 7 heteroatoms. The average molecular weight is 480 g/mol. The van der Waals surface area contributed by atoms with Crippen molar-refractivity contribution >= 4 is 11.8 Å². The summed E-state index contributed by atoms with van der Waals surface area (Å²) in [5.41, 5.74) is 0.617. The zero-order valence-electron chi connectivity index (χ0n) is 20.9. The summed E-state index contributed by atoms with van der Waals surface area (Å²) >= 11 is 0. The largest absolute Gasteiger partial charge is 0.496 e. The molecule has 188 valence electrons. The molecule has 2 fully saturated rings. The van der Waals surface area contributed by atoms with Gasteiger partial charge >= 0.3 is 0 Å². The van der Waals surface area contributed by atoms with Gasteiger partial charge in [0, 0.05) is 56.7 Å². The van der Waals surface area contributed by atoms with E-state index in [1.165, 1.54) is 0 Å². The number of para-hydroxylation sites is 2. The van der Waals surface area contributed by atoms with Crippen LogP contribution in [0.25, 0.3) is 0 Å². The average Bonchev–Trinajstić information content (AvgIpc) is 2.89. The van der Waals surface area contributed by atoms with E-state index in [4.69, 9.17) is 9.47 Å². The molecule has 2 aromatic carbocycles. The Morgan fingerprint density at radius 2 is 1.46 bits per heavy atom. The Bertz CT molecular complexity index is 981. The summed E-state index contributed by atoms with van der Waals surface area (Å²) in [6.07, 6.45) is 2.27. The fourth-order valence-electron chi connectivity index (χ4n) is 4.97. The van der Waals surface area contributed by atoms with Crippen LogP contribution in [-0.4, -0.2) is 86.5 Å². The van der Waals surface area contributed by atoms with Crippen LogP contribution in [0.15, 0.2) is 54.6 Å². The second kappa shape index (κ2) is 11.6. The molecule has 4 rings (SSSR count). The maximum Gasteiger partial charge on any atom is 0.227 e. The molecule has 0 spiro atoms. The van der Waals surface area contributed by atoms with Gasteiger partial charge in [-0.05, 0) is 38.1 Å². The lowest BCUT2D eigenvalue weighted by atomic mass is 9.75. The predicted molar refractivity (Wildman–Crippen MR) is 136 cm³/mol. The number of rotatable bonds is 8. The molecule has 35 heavy (non-hydrogen) atoms. The van der Waals surface area contributed by atoms with Crippen molar-refractivity contribution < 1.29 is 19.1 Å². The third-order valence-electron chi connectivity index (χ3n) is 7.38. The van der Waals surface area contributed by atoms with E-state index in [1.807, 2.05) is 64.4 Å². The molecule has 0 bridgehead atoms. The normalized spacial score (nSPS) is 18.2. The number of piperazine rings is 1. The monoisotopic (exact) mass is 479 g/mol. The summed E-state index contributed by atoms with van der Waals surface area (Å²) in [5.74, 6) is 1.84. The maximum atomic E-state index is 13.3. The van der Waals surface area contributed by atoms with Gasteiger partial charge in [0.15, 0.2) is 0 Å². The molecule has 0 saturated carbocycles. The van der Waals surface area contributed by atoms with Crippen molar-refractivity contribution in [2.75, 3.05) is 60.0 Å². The van der Waals surface area contributed by atoms with Crippen molar-refractivity contribution in [3.05, 3.63) is 60.2 Å². The minimum Gasteiger partial charge on any atom is -0.496 e. The van der Waals surface area contributed by atoms with Crippen molar-refractivity contribution in [2.24, 2.45) is 5.41 Å². The van der Waals surface area contributed by atoms with Crippen LogP contribution in [0.1, 0.15) is 24.8 Å². The number of piperidine rings is 1. The molecule has 0 N–H and O–H groups in total.